The number of halogens is 3. The fraction of sp³-hybridized carbons (Fsp3) is 0.200. The number of nitrogens with one attached hydrogen (secondary N) is 1. The molecular weight excluding hydrogens is 375 g/mol. The monoisotopic (exact) mass is 388 g/mol. The lowest BCUT2D eigenvalue weighted by Crippen LogP contribution is -2.29. The Morgan fingerprint density at radius 3 is 2.43 bits per heavy atom. The Morgan fingerprint density at radius 2 is 1.86 bits per heavy atom. The highest BCUT2D eigenvalue weighted by Crippen LogP contribution is 2.30. The van der Waals surface area contributed by atoms with Gasteiger partial charge in [-0.2, -0.15) is 0 Å². The van der Waals surface area contributed by atoms with Crippen molar-refractivity contribution in [3.05, 3.63) is 62.0 Å². The van der Waals surface area contributed by atoms with Crippen LogP contribution in [0.4, 0.5) is 0 Å². The molecule has 0 saturated heterocycles. The van der Waals surface area contributed by atoms with E-state index >= 15 is 0 Å². The van der Waals surface area contributed by atoms with Gasteiger partial charge in [-0.3, -0.25) is 11.3 Å². The van der Waals surface area contributed by atoms with Crippen molar-refractivity contribution in [1.29, 1.82) is 0 Å². The second-order valence-corrected chi connectivity index (χ2v) is 6.37. The molecule has 0 aliphatic carbocycles. The second kappa shape index (κ2) is 7.47. The number of methoxy groups -OCH3 is 1. The SMILES string of the molecule is COc1ccc(Br)cc1CC(NN)c1cc(Cl)cc(Cl)c1. The Bertz CT molecular complexity index is 617. The fourth-order valence-corrected chi connectivity index (χ4v) is 3.13. The molecule has 2 aromatic carbocycles. The van der Waals surface area contributed by atoms with E-state index in [-0.39, 0.29) is 6.04 Å². The van der Waals surface area contributed by atoms with Crippen molar-refractivity contribution in [2.24, 2.45) is 5.84 Å². The van der Waals surface area contributed by atoms with Crippen LogP contribution in [0.3, 0.4) is 0 Å². The predicted octanol–water partition coefficient (Wildman–Crippen LogP) is 4.51. The molecule has 2 rings (SSSR count). The second-order valence-electron chi connectivity index (χ2n) is 4.58. The normalized spacial score (nSPS) is 12.2. The summed E-state index contributed by atoms with van der Waals surface area (Å²) < 4.78 is 6.37. The van der Waals surface area contributed by atoms with Crippen LogP contribution in [0.1, 0.15) is 17.2 Å². The first-order valence-electron chi connectivity index (χ1n) is 6.28. The van der Waals surface area contributed by atoms with Crippen molar-refractivity contribution in [3.8, 4) is 5.75 Å². The van der Waals surface area contributed by atoms with E-state index in [1.165, 1.54) is 0 Å². The van der Waals surface area contributed by atoms with Crippen LogP contribution in [0.2, 0.25) is 10.0 Å². The first kappa shape index (κ1) is 16.6. The zero-order valence-corrected chi connectivity index (χ0v) is 14.5. The Balaban J connectivity index is 2.32. The highest BCUT2D eigenvalue weighted by atomic mass is 79.9. The molecule has 1 atom stereocenters. The first-order chi connectivity index (χ1) is 10.0. The third-order valence-electron chi connectivity index (χ3n) is 3.15. The van der Waals surface area contributed by atoms with Crippen molar-refractivity contribution >= 4 is 39.1 Å². The highest BCUT2D eigenvalue weighted by molar-refractivity contribution is 9.10. The Labute approximate surface area is 142 Å². The molecule has 3 nitrogen and oxygen atoms in total. The maximum Gasteiger partial charge on any atom is 0.122 e. The molecule has 0 aromatic heterocycles. The van der Waals surface area contributed by atoms with E-state index in [0.29, 0.717) is 16.5 Å². The lowest BCUT2D eigenvalue weighted by molar-refractivity contribution is 0.405. The molecule has 2 aromatic rings. The van der Waals surface area contributed by atoms with Crippen LogP contribution in [-0.2, 0) is 6.42 Å². The van der Waals surface area contributed by atoms with Crippen molar-refractivity contribution in [2.75, 3.05) is 7.11 Å². The van der Waals surface area contributed by atoms with Gasteiger partial charge in [0, 0.05) is 14.5 Å². The maximum atomic E-state index is 6.05. The van der Waals surface area contributed by atoms with Gasteiger partial charge in [-0.05, 0) is 53.9 Å². The Hall–Kier alpha value is -0.780. The quantitative estimate of drug-likeness (QED) is 0.584. The molecule has 0 saturated carbocycles. The van der Waals surface area contributed by atoms with E-state index in [0.717, 1.165) is 21.3 Å². The average Bonchev–Trinajstić information content (AvgIpc) is 2.43. The molecule has 3 N–H and O–H groups in total. The van der Waals surface area contributed by atoms with Crippen LogP contribution in [0.25, 0.3) is 0 Å². The molecule has 1 unspecified atom stereocenters. The molecule has 6 heteroatoms. The van der Waals surface area contributed by atoms with E-state index in [1.54, 1.807) is 13.2 Å². The van der Waals surface area contributed by atoms with Crippen molar-refractivity contribution in [3.63, 3.8) is 0 Å². The maximum absolute atomic E-state index is 6.05. The standard InChI is InChI=1S/C15H15BrCl2N2O/c1-21-15-3-2-11(16)4-10(15)7-14(20-19)9-5-12(17)8-13(18)6-9/h2-6,8,14,20H,7,19H2,1H3. The van der Waals surface area contributed by atoms with Gasteiger partial charge in [-0.1, -0.05) is 39.1 Å². The topological polar surface area (TPSA) is 47.3 Å². The summed E-state index contributed by atoms with van der Waals surface area (Å²) in [5.41, 5.74) is 4.76. The number of ether oxygens (including phenoxy) is 1. The van der Waals surface area contributed by atoms with Gasteiger partial charge in [-0.25, -0.2) is 0 Å². The number of nitrogens with two attached hydrogens (primary N) is 1. The highest BCUT2D eigenvalue weighted by Gasteiger charge is 2.15. The van der Waals surface area contributed by atoms with Gasteiger partial charge < -0.3 is 4.74 Å². The molecule has 0 heterocycles. The predicted molar refractivity (Wildman–Crippen MR) is 90.9 cm³/mol. The third-order valence-corrected chi connectivity index (χ3v) is 4.08. The summed E-state index contributed by atoms with van der Waals surface area (Å²) in [5.74, 6) is 6.51. The molecule has 0 aliphatic rings. The minimum Gasteiger partial charge on any atom is -0.496 e. The number of hydrogen-bond acceptors (Lipinski definition) is 3. The smallest absolute Gasteiger partial charge is 0.122 e. The van der Waals surface area contributed by atoms with Crippen LogP contribution in [-0.4, -0.2) is 7.11 Å². The van der Waals surface area contributed by atoms with Crippen LogP contribution >= 0.6 is 39.1 Å². The largest absolute Gasteiger partial charge is 0.496 e. The minimum absolute atomic E-state index is 0.121. The van der Waals surface area contributed by atoms with Gasteiger partial charge >= 0.3 is 0 Å². The molecule has 0 bridgehead atoms. The average molecular weight is 390 g/mol. The molecule has 112 valence electrons. The number of benzene rings is 2. The molecule has 0 amide bonds. The van der Waals surface area contributed by atoms with Crippen LogP contribution in [0.15, 0.2) is 40.9 Å². The zero-order chi connectivity index (χ0) is 15.4. The molecule has 21 heavy (non-hydrogen) atoms. The van der Waals surface area contributed by atoms with Crippen LogP contribution in [0.5, 0.6) is 5.75 Å². The van der Waals surface area contributed by atoms with Gasteiger partial charge in [0.15, 0.2) is 0 Å². The van der Waals surface area contributed by atoms with Gasteiger partial charge in [0.2, 0.25) is 0 Å². The summed E-state index contributed by atoms with van der Waals surface area (Å²) in [4.78, 5) is 0. The first-order valence-corrected chi connectivity index (χ1v) is 7.83. The van der Waals surface area contributed by atoms with Gasteiger partial charge in [-0.15, -0.1) is 0 Å². The zero-order valence-electron chi connectivity index (χ0n) is 11.4. The molecule has 0 spiro atoms. The van der Waals surface area contributed by atoms with E-state index in [9.17, 15) is 0 Å². The number of rotatable bonds is 5. The summed E-state index contributed by atoms with van der Waals surface area (Å²) in [6.45, 7) is 0. The lowest BCUT2D eigenvalue weighted by Gasteiger charge is -2.19. The van der Waals surface area contributed by atoms with E-state index in [1.807, 2.05) is 30.3 Å². The van der Waals surface area contributed by atoms with Gasteiger partial charge in [0.25, 0.3) is 0 Å². The Kier molecular flexibility index (Phi) is 5.90. The molecule has 0 aliphatic heterocycles. The molecule has 0 radical (unpaired) electrons. The van der Waals surface area contributed by atoms with Crippen LogP contribution < -0.4 is 16.0 Å². The van der Waals surface area contributed by atoms with E-state index in [4.69, 9.17) is 33.8 Å². The summed E-state index contributed by atoms with van der Waals surface area (Å²) in [6.07, 6.45) is 0.649. The third kappa shape index (κ3) is 4.34. The van der Waals surface area contributed by atoms with Crippen molar-refractivity contribution in [1.82, 2.24) is 5.43 Å². The molecular formula is C15H15BrCl2N2O. The summed E-state index contributed by atoms with van der Waals surface area (Å²) in [5, 5.41) is 1.16. The summed E-state index contributed by atoms with van der Waals surface area (Å²) in [6, 6.07) is 11.1. The minimum atomic E-state index is -0.121. The van der Waals surface area contributed by atoms with Gasteiger partial charge in [0.1, 0.15) is 5.75 Å². The number of hydrazine groups is 1. The Morgan fingerprint density at radius 1 is 1.19 bits per heavy atom. The van der Waals surface area contributed by atoms with Crippen LogP contribution in [0, 0.1) is 0 Å². The van der Waals surface area contributed by atoms with E-state index < -0.39 is 0 Å². The number of hydrogen-bond donors (Lipinski definition) is 2. The summed E-state index contributed by atoms with van der Waals surface area (Å²) in [7, 11) is 1.65. The lowest BCUT2D eigenvalue weighted by atomic mass is 9.99. The van der Waals surface area contributed by atoms with E-state index in [2.05, 4.69) is 21.4 Å². The molecule has 0 fully saturated rings. The van der Waals surface area contributed by atoms with Gasteiger partial charge in [0.05, 0.1) is 13.2 Å². The summed E-state index contributed by atoms with van der Waals surface area (Å²) >= 11 is 15.6. The van der Waals surface area contributed by atoms with Crippen molar-refractivity contribution in [2.45, 2.75) is 12.5 Å². The van der Waals surface area contributed by atoms with Crippen molar-refractivity contribution < 1.29 is 4.74 Å². The fourth-order valence-electron chi connectivity index (χ4n) is 2.18.